The van der Waals surface area contributed by atoms with E-state index in [-0.39, 0.29) is 4.90 Å². The zero-order chi connectivity index (χ0) is 13.9. The summed E-state index contributed by atoms with van der Waals surface area (Å²) in [7, 11) is -3.63. The number of sulfonamides is 1. The monoisotopic (exact) mass is 277 g/mol. The Kier molecular flexibility index (Phi) is 3.82. The van der Waals surface area contributed by atoms with Crippen LogP contribution in [0.4, 0.5) is 5.69 Å². The highest BCUT2D eigenvalue weighted by atomic mass is 32.2. The van der Waals surface area contributed by atoms with Crippen molar-refractivity contribution in [2.45, 2.75) is 18.4 Å². The first kappa shape index (κ1) is 13.5. The van der Waals surface area contributed by atoms with Crippen LogP contribution in [0.1, 0.15) is 11.3 Å². The minimum Gasteiger partial charge on any atom is -0.381 e. The van der Waals surface area contributed by atoms with Crippen LogP contribution in [0.25, 0.3) is 0 Å². The third-order valence-corrected chi connectivity index (χ3v) is 3.58. The molecule has 0 atom stereocenters. The van der Waals surface area contributed by atoms with Gasteiger partial charge in [-0.2, -0.15) is 0 Å². The number of aromatic nitrogens is 1. The van der Waals surface area contributed by atoms with E-state index >= 15 is 0 Å². The standard InChI is InChI=1S/C13H15N3O2S/c1-10-2-3-11(8-15-10)9-16-12-4-6-13(7-5-12)19(14,17)18/h2-8,16H,9H2,1H3,(H2,14,17,18). The van der Waals surface area contributed by atoms with E-state index in [2.05, 4.69) is 10.3 Å². The van der Waals surface area contributed by atoms with E-state index < -0.39 is 10.0 Å². The molecule has 0 bridgehead atoms. The Labute approximate surface area is 112 Å². The molecule has 6 heteroatoms. The fourth-order valence-corrected chi connectivity index (χ4v) is 2.09. The summed E-state index contributed by atoms with van der Waals surface area (Å²) < 4.78 is 22.2. The highest BCUT2D eigenvalue weighted by Gasteiger charge is 2.06. The van der Waals surface area contributed by atoms with Crippen LogP contribution in [0, 0.1) is 6.92 Å². The van der Waals surface area contributed by atoms with Crippen LogP contribution < -0.4 is 10.5 Å². The Bertz CT molecular complexity index is 649. The summed E-state index contributed by atoms with van der Waals surface area (Å²) in [5, 5.41) is 8.21. The molecule has 1 aromatic heterocycles. The molecular weight excluding hydrogens is 262 g/mol. The second-order valence-electron chi connectivity index (χ2n) is 4.23. The molecule has 0 fully saturated rings. The number of pyridine rings is 1. The molecule has 0 unspecified atom stereocenters. The van der Waals surface area contributed by atoms with E-state index in [1.54, 1.807) is 18.3 Å². The Morgan fingerprint density at radius 3 is 2.37 bits per heavy atom. The lowest BCUT2D eigenvalue weighted by molar-refractivity contribution is 0.598. The number of aryl methyl sites for hydroxylation is 1. The highest BCUT2D eigenvalue weighted by Crippen LogP contribution is 2.13. The number of primary sulfonamides is 1. The lowest BCUT2D eigenvalue weighted by atomic mass is 10.2. The van der Waals surface area contributed by atoms with E-state index in [0.29, 0.717) is 6.54 Å². The molecule has 0 aliphatic heterocycles. The van der Waals surface area contributed by atoms with E-state index in [1.165, 1.54) is 12.1 Å². The van der Waals surface area contributed by atoms with Crippen molar-refractivity contribution in [1.29, 1.82) is 0 Å². The van der Waals surface area contributed by atoms with Crippen LogP contribution in [0.3, 0.4) is 0 Å². The van der Waals surface area contributed by atoms with Crippen LogP contribution in [-0.4, -0.2) is 13.4 Å². The number of nitrogens with zero attached hydrogens (tertiary/aromatic N) is 1. The number of hydrogen-bond acceptors (Lipinski definition) is 4. The molecule has 0 saturated carbocycles. The molecule has 2 aromatic rings. The molecule has 0 radical (unpaired) electrons. The quantitative estimate of drug-likeness (QED) is 0.889. The number of benzene rings is 1. The van der Waals surface area contributed by atoms with Crippen molar-refractivity contribution >= 4 is 15.7 Å². The minimum atomic E-state index is -3.63. The largest absolute Gasteiger partial charge is 0.381 e. The van der Waals surface area contributed by atoms with Crippen LogP contribution in [0.2, 0.25) is 0 Å². The molecular formula is C13H15N3O2S. The van der Waals surface area contributed by atoms with Gasteiger partial charge in [0.15, 0.2) is 0 Å². The zero-order valence-electron chi connectivity index (χ0n) is 10.5. The predicted octanol–water partition coefficient (Wildman–Crippen LogP) is 1.65. The van der Waals surface area contributed by atoms with Crippen molar-refractivity contribution in [1.82, 2.24) is 4.98 Å². The summed E-state index contributed by atoms with van der Waals surface area (Å²) in [6.07, 6.45) is 1.81. The molecule has 5 nitrogen and oxygen atoms in total. The number of nitrogens with one attached hydrogen (secondary N) is 1. The van der Waals surface area contributed by atoms with Gasteiger partial charge in [0.05, 0.1) is 4.90 Å². The van der Waals surface area contributed by atoms with Gasteiger partial charge >= 0.3 is 0 Å². The fraction of sp³-hybridized carbons (Fsp3) is 0.154. The summed E-state index contributed by atoms with van der Waals surface area (Å²) in [6.45, 7) is 2.56. The van der Waals surface area contributed by atoms with Gasteiger partial charge in [-0.1, -0.05) is 6.07 Å². The maximum absolute atomic E-state index is 11.1. The first-order valence-corrected chi connectivity index (χ1v) is 7.28. The maximum atomic E-state index is 11.1. The molecule has 0 spiro atoms. The van der Waals surface area contributed by atoms with Gasteiger partial charge in [-0.15, -0.1) is 0 Å². The van der Waals surface area contributed by atoms with Crippen molar-refractivity contribution in [2.24, 2.45) is 5.14 Å². The first-order chi connectivity index (χ1) is 8.95. The van der Waals surface area contributed by atoms with Crippen LogP contribution in [0.15, 0.2) is 47.5 Å². The molecule has 0 amide bonds. The van der Waals surface area contributed by atoms with E-state index in [9.17, 15) is 8.42 Å². The van der Waals surface area contributed by atoms with Gasteiger partial charge in [-0.05, 0) is 42.8 Å². The summed E-state index contributed by atoms with van der Waals surface area (Å²) in [4.78, 5) is 4.31. The topological polar surface area (TPSA) is 85.1 Å². The summed E-state index contributed by atoms with van der Waals surface area (Å²) in [5.74, 6) is 0. The van der Waals surface area contributed by atoms with E-state index in [0.717, 1.165) is 16.9 Å². The molecule has 0 aliphatic rings. The normalized spacial score (nSPS) is 11.3. The van der Waals surface area contributed by atoms with E-state index in [4.69, 9.17) is 5.14 Å². The van der Waals surface area contributed by atoms with Gasteiger partial charge in [-0.25, -0.2) is 13.6 Å². The second kappa shape index (κ2) is 5.38. The first-order valence-electron chi connectivity index (χ1n) is 5.73. The third-order valence-electron chi connectivity index (χ3n) is 2.65. The molecule has 2 rings (SSSR count). The van der Waals surface area contributed by atoms with Gasteiger partial charge in [0.1, 0.15) is 0 Å². The van der Waals surface area contributed by atoms with Crippen molar-refractivity contribution in [3.63, 3.8) is 0 Å². The van der Waals surface area contributed by atoms with Crippen molar-refractivity contribution in [3.8, 4) is 0 Å². The van der Waals surface area contributed by atoms with Crippen molar-refractivity contribution in [3.05, 3.63) is 53.9 Å². The molecule has 19 heavy (non-hydrogen) atoms. The van der Waals surface area contributed by atoms with Crippen LogP contribution >= 0.6 is 0 Å². The van der Waals surface area contributed by atoms with Gasteiger partial charge in [-0.3, -0.25) is 4.98 Å². The molecule has 0 saturated heterocycles. The van der Waals surface area contributed by atoms with Gasteiger partial charge in [0.2, 0.25) is 10.0 Å². The average Bonchev–Trinajstić information content (AvgIpc) is 2.37. The SMILES string of the molecule is Cc1ccc(CNc2ccc(S(N)(=O)=O)cc2)cn1. The number of hydrogen-bond donors (Lipinski definition) is 2. The Morgan fingerprint density at radius 1 is 1.16 bits per heavy atom. The molecule has 1 heterocycles. The number of nitrogens with two attached hydrogens (primary N) is 1. The molecule has 100 valence electrons. The van der Waals surface area contributed by atoms with Crippen LogP contribution in [-0.2, 0) is 16.6 Å². The fourth-order valence-electron chi connectivity index (χ4n) is 1.57. The molecule has 1 aromatic carbocycles. The van der Waals surface area contributed by atoms with Gasteiger partial charge < -0.3 is 5.32 Å². The Hall–Kier alpha value is -1.92. The summed E-state index contributed by atoms with van der Waals surface area (Å²) in [6, 6.07) is 10.3. The number of rotatable bonds is 4. The molecule has 3 N–H and O–H groups in total. The van der Waals surface area contributed by atoms with Crippen LogP contribution in [0.5, 0.6) is 0 Å². The van der Waals surface area contributed by atoms with Crippen molar-refractivity contribution < 1.29 is 8.42 Å². The summed E-state index contributed by atoms with van der Waals surface area (Å²) in [5.41, 5.74) is 2.86. The minimum absolute atomic E-state index is 0.107. The lowest BCUT2D eigenvalue weighted by Crippen LogP contribution is -2.12. The average molecular weight is 277 g/mol. The van der Waals surface area contributed by atoms with Gasteiger partial charge in [0.25, 0.3) is 0 Å². The number of anilines is 1. The summed E-state index contributed by atoms with van der Waals surface area (Å²) >= 11 is 0. The smallest absolute Gasteiger partial charge is 0.238 e. The van der Waals surface area contributed by atoms with E-state index in [1.807, 2.05) is 19.1 Å². The zero-order valence-corrected chi connectivity index (χ0v) is 11.3. The predicted molar refractivity (Wildman–Crippen MR) is 74.1 cm³/mol. The highest BCUT2D eigenvalue weighted by molar-refractivity contribution is 7.89. The molecule has 0 aliphatic carbocycles. The maximum Gasteiger partial charge on any atom is 0.238 e. The van der Waals surface area contributed by atoms with Gasteiger partial charge in [0, 0.05) is 24.1 Å². The van der Waals surface area contributed by atoms with Crippen molar-refractivity contribution in [2.75, 3.05) is 5.32 Å². The Balaban J connectivity index is 2.02. The second-order valence-corrected chi connectivity index (χ2v) is 5.79. The lowest BCUT2D eigenvalue weighted by Gasteiger charge is -2.07. The third kappa shape index (κ3) is 3.77. The Morgan fingerprint density at radius 2 is 1.84 bits per heavy atom.